The number of hydrogen-bond donors (Lipinski definition) is 0. The van der Waals surface area contributed by atoms with E-state index in [1.165, 1.54) is 10.5 Å². The maximum absolute atomic E-state index is 12.7. The molecule has 178 valence electrons. The molecule has 0 aliphatic heterocycles. The molecule has 0 aliphatic carbocycles. The van der Waals surface area contributed by atoms with Gasteiger partial charge in [0.05, 0.1) is 13.2 Å². The van der Waals surface area contributed by atoms with E-state index in [1.807, 2.05) is 42.6 Å². The molecule has 0 saturated heterocycles. The fourth-order valence-corrected chi connectivity index (χ4v) is 3.20. The number of hydrogen-bond acceptors (Lipinski definition) is 6. The van der Waals surface area contributed by atoms with Gasteiger partial charge in [-0.15, -0.1) is 0 Å². The number of nitrogens with zero attached hydrogens (tertiary/aromatic N) is 2. The molecule has 34 heavy (non-hydrogen) atoms. The number of rotatable bonds is 11. The van der Waals surface area contributed by atoms with E-state index in [0.29, 0.717) is 18.8 Å². The molecule has 0 unspecified atom stereocenters. The number of benzene rings is 2. The first-order chi connectivity index (χ1) is 16.6. The van der Waals surface area contributed by atoms with Crippen LogP contribution in [0.15, 0.2) is 72.9 Å². The van der Waals surface area contributed by atoms with Crippen molar-refractivity contribution in [3.05, 3.63) is 89.7 Å². The van der Waals surface area contributed by atoms with Crippen molar-refractivity contribution in [1.82, 2.24) is 9.88 Å². The fourth-order valence-electron chi connectivity index (χ4n) is 3.20. The monoisotopic (exact) mass is 462 g/mol. The number of carbonyl (C=O) groups excluding carboxylic acids is 2. The minimum absolute atomic E-state index is 0.193. The lowest BCUT2D eigenvalue weighted by atomic mass is 10.2. The molecule has 3 rings (SSSR count). The van der Waals surface area contributed by atoms with Gasteiger partial charge < -0.3 is 14.2 Å². The molecule has 7 heteroatoms. The minimum Gasteiger partial charge on any atom is -0.493 e. The van der Waals surface area contributed by atoms with Gasteiger partial charge >= 0.3 is 12.1 Å². The molecule has 0 fully saturated rings. The van der Waals surface area contributed by atoms with E-state index < -0.39 is 12.1 Å². The second kappa shape index (κ2) is 13.0. The fraction of sp³-hybridized carbons (Fsp3) is 0.296. The van der Waals surface area contributed by atoms with Crippen LogP contribution in [0.3, 0.4) is 0 Å². The van der Waals surface area contributed by atoms with Gasteiger partial charge in [0.25, 0.3) is 0 Å². The summed E-state index contributed by atoms with van der Waals surface area (Å²) in [6.45, 7) is 4.56. The summed E-state index contributed by atoms with van der Waals surface area (Å²) in [5.74, 6) is 0.634. The third-order valence-corrected chi connectivity index (χ3v) is 5.05. The molecule has 0 aliphatic rings. The van der Waals surface area contributed by atoms with Crippen LogP contribution in [-0.2, 0) is 28.9 Å². The number of carbonyl (C=O) groups is 2. The molecule has 0 atom stereocenters. The van der Waals surface area contributed by atoms with Crippen LogP contribution in [0.2, 0.25) is 0 Å². The lowest BCUT2D eigenvalue weighted by molar-refractivity contribution is -0.144. The Kier molecular flexibility index (Phi) is 9.46. The molecule has 7 nitrogen and oxygen atoms in total. The summed E-state index contributed by atoms with van der Waals surface area (Å²) in [5.41, 5.74) is 3.03. The van der Waals surface area contributed by atoms with Crippen LogP contribution in [0, 0.1) is 0 Å². The summed E-state index contributed by atoms with van der Waals surface area (Å²) in [6.07, 6.45) is 2.96. The van der Waals surface area contributed by atoms with Gasteiger partial charge in [0, 0.05) is 24.9 Å². The average molecular weight is 463 g/mol. The molecule has 0 N–H and O–H groups in total. The second-order valence-electron chi connectivity index (χ2n) is 7.60. The van der Waals surface area contributed by atoms with Gasteiger partial charge in [0.1, 0.15) is 18.0 Å². The third-order valence-electron chi connectivity index (χ3n) is 5.05. The number of para-hydroxylation sites is 1. The summed E-state index contributed by atoms with van der Waals surface area (Å²) < 4.78 is 16.2. The highest BCUT2D eigenvalue weighted by Crippen LogP contribution is 2.16. The van der Waals surface area contributed by atoms with Crippen LogP contribution in [-0.4, -0.2) is 41.7 Å². The molecular weight excluding hydrogens is 432 g/mol. The highest BCUT2D eigenvalue weighted by atomic mass is 16.6. The number of ether oxygens (including phenoxy) is 3. The van der Waals surface area contributed by atoms with Crippen molar-refractivity contribution in [3.8, 4) is 11.5 Å². The lowest BCUT2D eigenvalue weighted by Crippen LogP contribution is -2.38. The smallest absolute Gasteiger partial charge is 0.416 e. The Balaban J connectivity index is 1.56. The Bertz CT molecular complexity index is 1040. The van der Waals surface area contributed by atoms with Crippen LogP contribution >= 0.6 is 0 Å². The van der Waals surface area contributed by atoms with E-state index in [2.05, 4.69) is 18.0 Å². The zero-order valence-electron chi connectivity index (χ0n) is 19.6. The molecule has 0 saturated carbocycles. The summed E-state index contributed by atoms with van der Waals surface area (Å²) >= 11 is 0. The first kappa shape index (κ1) is 24.8. The van der Waals surface area contributed by atoms with Gasteiger partial charge in [-0.1, -0.05) is 43.3 Å². The van der Waals surface area contributed by atoms with Gasteiger partial charge in [-0.3, -0.25) is 14.7 Å². The molecule has 0 bridgehead atoms. The predicted molar refractivity (Wildman–Crippen MR) is 129 cm³/mol. The van der Waals surface area contributed by atoms with Crippen LogP contribution < -0.4 is 9.47 Å². The highest BCUT2D eigenvalue weighted by molar-refractivity contribution is 5.79. The van der Waals surface area contributed by atoms with E-state index in [1.54, 1.807) is 31.2 Å². The van der Waals surface area contributed by atoms with Gasteiger partial charge in [0.15, 0.2) is 0 Å². The first-order valence-corrected chi connectivity index (χ1v) is 11.4. The Morgan fingerprint density at radius 2 is 1.62 bits per heavy atom. The summed E-state index contributed by atoms with van der Waals surface area (Å²) in [4.78, 5) is 30.5. The lowest BCUT2D eigenvalue weighted by Gasteiger charge is -2.21. The highest BCUT2D eigenvalue weighted by Gasteiger charge is 2.20. The Labute approximate surface area is 200 Å². The van der Waals surface area contributed by atoms with Crippen molar-refractivity contribution in [1.29, 1.82) is 0 Å². The Morgan fingerprint density at radius 1 is 0.882 bits per heavy atom. The van der Waals surface area contributed by atoms with Crippen molar-refractivity contribution >= 4 is 12.1 Å². The SMILES string of the molecule is CCOC(=O)CN(Cc1ccc(OCCc2ccc(CC)cn2)cc1)C(=O)Oc1ccccc1. The minimum atomic E-state index is -0.624. The number of aryl methyl sites for hydroxylation is 1. The van der Waals surface area contributed by atoms with E-state index in [-0.39, 0.29) is 19.7 Å². The molecule has 2 aromatic carbocycles. The second-order valence-corrected chi connectivity index (χ2v) is 7.60. The summed E-state index contributed by atoms with van der Waals surface area (Å²) in [5, 5.41) is 0. The first-order valence-electron chi connectivity index (χ1n) is 11.4. The number of amides is 1. The van der Waals surface area contributed by atoms with Crippen molar-refractivity contribution < 1.29 is 23.8 Å². The topological polar surface area (TPSA) is 78.0 Å². The van der Waals surface area contributed by atoms with Gasteiger partial charge in [-0.25, -0.2) is 4.79 Å². The van der Waals surface area contributed by atoms with Crippen molar-refractivity contribution in [3.63, 3.8) is 0 Å². The van der Waals surface area contributed by atoms with Crippen LogP contribution in [0.1, 0.15) is 30.7 Å². The average Bonchev–Trinajstić information content (AvgIpc) is 2.86. The van der Waals surface area contributed by atoms with Crippen LogP contribution in [0.5, 0.6) is 11.5 Å². The van der Waals surface area contributed by atoms with Crippen molar-refractivity contribution in [2.45, 2.75) is 33.2 Å². The van der Waals surface area contributed by atoms with Gasteiger partial charge in [0.2, 0.25) is 0 Å². The van der Waals surface area contributed by atoms with E-state index >= 15 is 0 Å². The Morgan fingerprint density at radius 3 is 2.26 bits per heavy atom. The quantitative estimate of drug-likeness (QED) is 0.380. The van der Waals surface area contributed by atoms with Crippen molar-refractivity contribution in [2.75, 3.05) is 19.8 Å². The van der Waals surface area contributed by atoms with Crippen molar-refractivity contribution in [2.24, 2.45) is 0 Å². The molecule has 1 heterocycles. The van der Waals surface area contributed by atoms with E-state index in [9.17, 15) is 9.59 Å². The van der Waals surface area contributed by atoms with E-state index in [0.717, 1.165) is 23.4 Å². The molecule has 0 radical (unpaired) electrons. The summed E-state index contributed by atoms with van der Waals surface area (Å²) in [7, 11) is 0. The maximum Gasteiger partial charge on any atom is 0.416 e. The van der Waals surface area contributed by atoms with Gasteiger partial charge in [-0.2, -0.15) is 0 Å². The largest absolute Gasteiger partial charge is 0.493 e. The molecule has 1 aromatic heterocycles. The number of pyridine rings is 1. The number of esters is 1. The standard InChI is InChI=1S/C27H30N2O5/c1-3-21-10-13-23(28-18-21)16-17-33-24-14-11-22(12-15-24)19-29(20-26(30)32-4-2)27(31)34-25-8-6-5-7-9-25/h5-15,18H,3-4,16-17,19-20H2,1-2H3. The van der Waals surface area contributed by atoms with Gasteiger partial charge in [-0.05, 0) is 54.8 Å². The third kappa shape index (κ3) is 7.92. The zero-order chi connectivity index (χ0) is 24.2. The molecule has 1 amide bonds. The predicted octanol–water partition coefficient (Wildman–Crippen LogP) is 4.83. The summed E-state index contributed by atoms with van der Waals surface area (Å²) in [6, 6.07) is 20.2. The normalized spacial score (nSPS) is 10.4. The van der Waals surface area contributed by atoms with E-state index in [4.69, 9.17) is 14.2 Å². The number of aromatic nitrogens is 1. The zero-order valence-corrected chi connectivity index (χ0v) is 19.6. The van der Waals surface area contributed by atoms with Crippen LogP contribution in [0.4, 0.5) is 4.79 Å². The molecule has 3 aromatic rings. The Hall–Kier alpha value is -3.87. The molecular formula is C27H30N2O5. The molecule has 0 spiro atoms. The van der Waals surface area contributed by atoms with Crippen LogP contribution in [0.25, 0.3) is 0 Å². The maximum atomic E-state index is 12.7.